The van der Waals surface area contributed by atoms with E-state index in [0.29, 0.717) is 0 Å². The van der Waals surface area contributed by atoms with Gasteiger partial charge in [-0.25, -0.2) is 4.98 Å². The molecule has 0 aliphatic rings. The van der Waals surface area contributed by atoms with Crippen LogP contribution in [-0.4, -0.2) is 20.2 Å². The van der Waals surface area contributed by atoms with Crippen LogP contribution >= 0.6 is 0 Å². The second-order valence-electron chi connectivity index (χ2n) is 4.90. The summed E-state index contributed by atoms with van der Waals surface area (Å²) in [5.74, 6) is 1.49. The second-order valence-corrected chi connectivity index (χ2v) is 4.90. The number of rotatable bonds is 3. The number of benzene rings is 1. The minimum atomic E-state index is 0.736. The van der Waals surface area contributed by atoms with Crippen molar-refractivity contribution >= 4 is 22.4 Å². The van der Waals surface area contributed by atoms with Crippen LogP contribution in [0.3, 0.4) is 0 Å². The predicted molar refractivity (Wildman–Crippen MR) is 86.8 cm³/mol. The Morgan fingerprint density at radius 3 is 2.73 bits per heavy atom. The van der Waals surface area contributed by atoms with Crippen LogP contribution in [0.15, 0.2) is 67.1 Å². The summed E-state index contributed by atoms with van der Waals surface area (Å²) < 4.78 is 0. The van der Waals surface area contributed by atoms with Crippen molar-refractivity contribution in [2.24, 2.45) is 0 Å². The Morgan fingerprint density at radius 2 is 1.91 bits per heavy atom. The van der Waals surface area contributed by atoms with E-state index in [9.17, 15) is 0 Å². The average molecular weight is 287 g/mol. The highest BCUT2D eigenvalue weighted by Crippen LogP contribution is 2.29. The maximum atomic E-state index is 4.74. The number of aromatic nitrogens is 4. The molecule has 0 saturated heterocycles. The lowest BCUT2D eigenvalue weighted by atomic mass is 10.1. The van der Waals surface area contributed by atoms with E-state index in [1.165, 1.54) is 0 Å². The predicted octanol–water partition coefficient (Wildman–Crippen LogP) is 3.76. The lowest BCUT2D eigenvalue weighted by molar-refractivity contribution is 1.09. The molecule has 0 radical (unpaired) electrons. The molecule has 3 aromatic heterocycles. The van der Waals surface area contributed by atoms with Gasteiger partial charge in [-0.05, 0) is 23.6 Å². The molecule has 0 atom stereocenters. The molecule has 5 heteroatoms. The summed E-state index contributed by atoms with van der Waals surface area (Å²) in [4.78, 5) is 8.94. The minimum Gasteiger partial charge on any atom is -0.323 e. The van der Waals surface area contributed by atoms with Crippen LogP contribution in [0.1, 0.15) is 0 Å². The summed E-state index contributed by atoms with van der Waals surface area (Å²) in [5.41, 5.74) is 1.90. The molecule has 0 saturated carbocycles. The minimum absolute atomic E-state index is 0.736. The number of nitrogens with zero attached hydrogens (tertiary/aromatic N) is 3. The van der Waals surface area contributed by atoms with E-state index in [-0.39, 0.29) is 0 Å². The van der Waals surface area contributed by atoms with Gasteiger partial charge in [0, 0.05) is 35.6 Å². The highest BCUT2D eigenvalue weighted by atomic mass is 15.2. The standard InChI is InChI=1S/C17H13N5/c1-2-6-14-12(4-1)10-16(20-15-7-9-19-22-15)21-17(14)13-5-3-8-18-11-13/h1-11H,(H2,19,20,21,22). The molecule has 22 heavy (non-hydrogen) atoms. The molecule has 0 fully saturated rings. The summed E-state index contributed by atoms with van der Waals surface area (Å²) >= 11 is 0. The SMILES string of the molecule is c1cncc(-c2nc(Nc3cc[nH]n3)cc3ccccc23)c1. The monoisotopic (exact) mass is 287 g/mol. The van der Waals surface area contributed by atoms with Gasteiger partial charge in [0.15, 0.2) is 5.82 Å². The van der Waals surface area contributed by atoms with Crippen molar-refractivity contribution in [3.05, 3.63) is 67.1 Å². The number of hydrogen-bond donors (Lipinski definition) is 2. The van der Waals surface area contributed by atoms with Gasteiger partial charge in [-0.2, -0.15) is 5.10 Å². The molecule has 0 unspecified atom stereocenters. The highest BCUT2D eigenvalue weighted by molar-refractivity contribution is 5.96. The van der Waals surface area contributed by atoms with Gasteiger partial charge in [0.05, 0.1) is 5.69 Å². The molecular weight excluding hydrogens is 274 g/mol. The Labute approximate surface area is 127 Å². The van der Waals surface area contributed by atoms with E-state index < -0.39 is 0 Å². The van der Waals surface area contributed by atoms with E-state index in [4.69, 9.17) is 4.98 Å². The number of aromatic amines is 1. The fraction of sp³-hybridized carbons (Fsp3) is 0. The van der Waals surface area contributed by atoms with Crippen LogP contribution in [-0.2, 0) is 0 Å². The Kier molecular flexibility index (Phi) is 3.01. The van der Waals surface area contributed by atoms with Gasteiger partial charge in [0.2, 0.25) is 0 Å². The van der Waals surface area contributed by atoms with E-state index in [1.54, 1.807) is 12.4 Å². The maximum Gasteiger partial charge on any atom is 0.153 e. The molecule has 0 aliphatic carbocycles. The Bertz CT molecular complexity index is 901. The lowest BCUT2D eigenvalue weighted by Gasteiger charge is -2.10. The van der Waals surface area contributed by atoms with Crippen LogP contribution in [0.5, 0.6) is 0 Å². The third kappa shape index (κ3) is 2.29. The van der Waals surface area contributed by atoms with Crippen LogP contribution in [0, 0.1) is 0 Å². The van der Waals surface area contributed by atoms with Crippen molar-refractivity contribution in [1.82, 2.24) is 20.2 Å². The number of fused-ring (bicyclic) bond motifs is 1. The summed E-state index contributed by atoms with van der Waals surface area (Å²) in [5, 5.41) is 12.3. The molecule has 106 valence electrons. The molecule has 0 aliphatic heterocycles. The number of anilines is 2. The van der Waals surface area contributed by atoms with Crippen molar-refractivity contribution in [3.8, 4) is 11.3 Å². The highest BCUT2D eigenvalue weighted by Gasteiger charge is 2.09. The van der Waals surface area contributed by atoms with Gasteiger partial charge in [0.25, 0.3) is 0 Å². The van der Waals surface area contributed by atoms with Gasteiger partial charge in [-0.3, -0.25) is 10.1 Å². The molecule has 4 rings (SSSR count). The van der Waals surface area contributed by atoms with E-state index >= 15 is 0 Å². The first-order chi connectivity index (χ1) is 10.9. The summed E-state index contributed by atoms with van der Waals surface area (Å²) in [7, 11) is 0. The topological polar surface area (TPSA) is 66.5 Å². The number of pyridine rings is 2. The second kappa shape index (κ2) is 5.29. The molecule has 0 bridgehead atoms. The van der Waals surface area contributed by atoms with Crippen molar-refractivity contribution in [1.29, 1.82) is 0 Å². The van der Waals surface area contributed by atoms with E-state index in [1.807, 2.05) is 42.6 Å². The molecule has 1 aromatic carbocycles. The van der Waals surface area contributed by atoms with E-state index in [0.717, 1.165) is 33.7 Å². The molecule has 0 spiro atoms. The zero-order valence-electron chi connectivity index (χ0n) is 11.7. The first kappa shape index (κ1) is 12.5. The summed E-state index contributed by atoms with van der Waals surface area (Å²) in [6, 6.07) is 16.0. The number of H-pyrrole nitrogens is 1. The number of hydrogen-bond acceptors (Lipinski definition) is 4. The Morgan fingerprint density at radius 1 is 0.955 bits per heavy atom. The largest absolute Gasteiger partial charge is 0.323 e. The van der Waals surface area contributed by atoms with Crippen molar-refractivity contribution in [3.63, 3.8) is 0 Å². The maximum absolute atomic E-state index is 4.74. The molecule has 0 amide bonds. The smallest absolute Gasteiger partial charge is 0.153 e. The van der Waals surface area contributed by atoms with E-state index in [2.05, 4.69) is 32.6 Å². The van der Waals surface area contributed by atoms with Gasteiger partial charge >= 0.3 is 0 Å². The third-order valence-corrected chi connectivity index (χ3v) is 3.43. The van der Waals surface area contributed by atoms with Gasteiger partial charge in [-0.1, -0.05) is 24.3 Å². The van der Waals surface area contributed by atoms with Gasteiger partial charge in [-0.15, -0.1) is 0 Å². The summed E-state index contributed by atoms with van der Waals surface area (Å²) in [6.45, 7) is 0. The zero-order valence-corrected chi connectivity index (χ0v) is 11.7. The fourth-order valence-corrected chi connectivity index (χ4v) is 2.45. The average Bonchev–Trinajstić information content (AvgIpc) is 3.08. The molecule has 2 N–H and O–H groups in total. The van der Waals surface area contributed by atoms with Gasteiger partial charge in [0.1, 0.15) is 5.82 Å². The lowest BCUT2D eigenvalue weighted by Crippen LogP contribution is -1.96. The molecular formula is C17H13N5. The first-order valence-corrected chi connectivity index (χ1v) is 6.97. The zero-order chi connectivity index (χ0) is 14.8. The van der Waals surface area contributed by atoms with Crippen molar-refractivity contribution in [2.45, 2.75) is 0 Å². The van der Waals surface area contributed by atoms with Crippen LogP contribution in [0.2, 0.25) is 0 Å². The van der Waals surface area contributed by atoms with Gasteiger partial charge < -0.3 is 5.32 Å². The molecule has 3 heterocycles. The molecule has 5 nitrogen and oxygen atoms in total. The normalized spacial score (nSPS) is 10.7. The quantitative estimate of drug-likeness (QED) is 0.602. The molecule has 4 aromatic rings. The Hall–Kier alpha value is -3.21. The van der Waals surface area contributed by atoms with Crippen LogP contribution < -0.4 is 5.32 Å². The third-order valence-electron chi connectivity index (χ3n) is 3.43. The van der Waals surface area contributed by atoms with Crippen molar-refractivity contribution < 1.29 is 0 Å². The number of nitrogens with one attached hydrogen (secondary N) is 2. The van der Waals surface area contributed by atoms with Crippen molar-refractivity contribution in [2.75, 3.05) is 5.32 Å². The van der Waals surface area contributed by atoms with Crippen LogP contribution in [0.4, 0.5) is 11.6 Å². The van der Waals surface area contributed by atoms with Crippen LogP contribution in [0.25, 0.3) is 22.0 Å². The first-order valence-electron chi connectivity index (χ1n) is 6.97. The fourth-order valence-electron chi connectivity index (χ4n) is 2.45. The Balaban J connectivity index is 1.90. The summed E-state index contributed by atoms with van der Waals surface area (Å²) in [6.07, 6.45) is 5.36.